The lowest BCUT2D eigenvalue weighted by Gasteiger charge is -2.39. The normalized spacial score (nSPS) is 15.5. The summed E-state index contributed by atoms with van der Waals surface area (Å²) in [6.07, 6.45) is 14.6. The summed E-state index contributed by atoms with van der Waals surface area (Å²) in [6, 6.07) is 27.6. The van der Waals surface area contributed by atoms with Crippen molar-refractivity contribution in [2.75, 3.05) is 0 Å². The van der Waals surface area contributed by atoms with E-state index < -0.39 is 8.07 Å². The third-order valence-corrected chi connectivity index (χ3v) is 15.6. The standard InChI is InChI=1S/C43H60Si/c1-9-13-20-36-26-37(21-14-10-2)29-41(28-36)44(40-24-18-17-19-25-40,43-34(7)32(5)33(6)35(43)8)42-30-38(22-15-11-3)27-39(31-42)23-16-12-4/h17-19,24-31,34H,9-16,20-23H2,1-8H3. The van der Waals surface area contributed by atoms with Gasteiger partial charge in [-0.1, -0.05) is 143 Å². The van der Waals surface area contributed by atoms with Crippen molar-refractivity contribution in [3.8, 4) is 0 Å². The van der Waals surface area contributed by atoms with Gasteiger partial charge < -0.3 is 0 Å². The van der Waals surface area contributed by atoms with Crippen LogP contribution in [0.4, 0.5) is 0 Å². The number of hydrogen-bond donors (Lipinski definition) is 0. The molecule has 0 heterocycles. The molecule has 0 spiro atoms. The Bertz CT molecular complexity index is 1320. The highest BCUT2D eigenvalue weighted by Crippen LogP contribution is 2.41. The lowest BCUT2D eigenvalue weighted by Crippen LogP contribution is -2.70. The fourth-order valence-corrected chi connectivity index (χ4v) is 13.5. The van der Waals surface area contributed by atoms with E-state index in [0.717, 1.165) is 0 Å². The number of hydrogen-bond acceptors (Lipinski definition) is 0. The SMILES string of the molecule is CCCCc1cc(CCCC)cc([Si](C2=C(C)C(C)=C(C)C2C)(c2ccccc2)c2cc(CCCC)cc(CCCC)c2)c1. The molecule has 1 aliphatic rings. The predicted molar refractivity (Wildman–Crippen MR) is 199 cm³/mol. The fraction of sp³-hybridized carbons (Fsp3) is 0.488. The molecule has 3 aromatic rings. The molecule has 0 fully saturated rings. The van der Waals surface area contributed by atoms with Crippen molar-refractivity contribution in [3.05, 3.63) is 111 Å². The minimum Gasteiger partial charge on any atom is -0.0654 e. The molecule has 0 bridgehead atoms. The third kappa shape index (κ3) is 7.25. The van der Waals surface area contributed by atoms with Crippen molar-refractivity contribution in [1.82, 2.24) is 0 Å². The van der Waals surface area contributed by atoms with Crippen LogP contribution in [0.3, 0.4) is 0 Å². The van der Waals surface area contributed by atoms with Crippen LogP contribution >= 0.6 is 0 Å². The molecule has 1 unspecified atom stereocenters. The van der Waals surface area contributed by atoms with E-state index in [-0.39, 0.29) is 0 Å². The molecule has 0 aliphatic heterocycles. The Hall–Kier alpha value is -2.64. The number of unbranched alkanes of at least 4 members (excludes halogenated alkanes) is 4. The molecule has 0 saturated heterocycles. The molecule has 3 aromatic carbocycles. The molecule has 4 rings (SSSR count). The summed E-state index contributed by atoms with van der Waals surface area (Å²) in [5, 5.41) is 6.50. The monoisotopic (exact) mass is 604 g/mol. The zero-order valence-corrected chi connectivity index (χ0v) is 30.4. The van der Waals surface area contributed by atoms with Crippen LogP contribution in [0.15, 0.2) is 88.6 Å². The predicted octanol–water partition coefficient (Wildman–Crippen LogP) is 10.4. The minimum absolute atomic E-state index is 0.443. The number of benzene rings is 3. The zero-order chi connectivity index (χ0) is 31.7. The van der Waals surface area contributed by atoms with Crippen LogP contribution in [0.1, 0.15) is 129 Å². The first-order valence-electron chi connectivity index (χ1n) is 18.0. The summed E-state index contributed by atoms with van der Waals surface area (Å²) in [4.78, 5) is 0. The van der Waals surface area contributed by atoms with E-state index in [1.165, 1.54) is 82.6 Å². The molecule has 0 radical (unpaired) electrons. The van der Waals surface area contributed by atoms with Gasteiger partial charge in [0.05, 0.1) is 0 Å². The second-order valence-corrected chi connectivity index (χ2v) is 17.4. The van der Waals surface area contributed by atoms with Crippen molar-refractivity contribution >= 4 is 23.6 Å². The topological polar surface area (TPSA) is 0 Å². The highest BCUT2D eigenvalue weighted by molar-refractivity contribution is 7.16. The Kier molecular flexibility index (Phi) is 12.5. The molecule has 0 amide bonds. The first-order chi connectivity index (χ1) is 21.3. The van der Waals surface area contributed by atoms with Gasteiger partial charge in [-0.15, -0.1) is 0 Å². The Morgan fingerprint density at radius 1 is 0.500 bits per heavy atom. The molecule has 1 heteroatoms. The van der Waals surface area contributed by atoms with E-state index in [0.29, 0.717) is 5.92 Å². The number of allylic oxidation sites excluding steroid dienone is 4. The molecule has 0 aromatic heterocycles. The van der Waals surface area contributed by atoms with Crippen molar-refractivity contribution in [2.45, 2.75) is 132 Å². The molecule has 0 nitrogen and oxygen atoms in total. The summed E-state index contributed by atoms with van der Waals surface area (Å²) in [7, 11) is -2.64. The molecular formula is C43H60Si. The summed E-state index contributed by atoms with van der Waals surface area (Å²) < 4.78 is 0. The molecule has 0 N–H and O–H groups in total. The van der Waals surface area contributed by atoms with E-state index in [1.54, 1.807) is 54.2 Å². The largest absolute Gasteiger partial charge is 0.176 e. The Labute approximate surface area is 272 Å². The highest BCUT2D eigenvalue weighted by Gasteiger charge is 2.48. The Morgan fingerprint density at radius 2 is 0.886 bits per heavy atom. The van der Waals surface area contributed by atoms with Crippen LogP contribution in [-0.2, 0) is 25.7 Å². The summed E-state index contributed by atoms with van der Waals surface area (Å²) in [5.74, 6) is 0.443. The Morgan fingerprint density at radius 3 is 1.20 bits per heavy atom. The second kappa shape index (κ2) is 16.1. The lowest BCUT2D eigenvalue weighted by atomic mass is 10.0. The van der Waals surface area contributed by atoms with Crippen LogP contribution < -0.4 is 15.6 Å². The number of rotatable bonds is 16. The van der Waals surface area contributed by atoms with E-state index in [2.05, 4.69) is 122 Å². The summed E-state index contributed by atoms with van der Waals surface area (Å²) >= 11 is 0. The summed E-state index contributed by atoms with van der Waals surface area (Å²) in [5.41, 5.74) is 10.8. The van der Waals surface area contributed by atoms with Crippen molar-refractivity contribution in [1.29, 1.82) is 0 Å². The lowest BCUT2D eigenvalue weighted by molar-refractivity contribution is 0.781. The molecule has 236 valence electrons. The second-order valence-electron chi connectivity index (χ2n) is 13.7. The van der Waals surface area contributed by atoms with Gasteiger partial charge in [-0.25, -0.2) is 0 Å². The molecular weight excluding hydrogens is 545 g/mol. The fourth-order valence-electron chi connectivity index (χ4n) is 7.68. The van der Waals surface area contributed by atoms with Gasteiger partial charge in [-0.05, 0) is 121 Å². The van der Waals surface area contributed by atoms with Gasteiger partial charge in [-0.2, -0.15) is 0 Å². The quantitative estimate of drug-likeness (QED) is 0.113. The average molecular weight is 605 g/mol. The van der Waals surface area contributed by atoms with E-state index in [9.17, 15) is 0 Å². The average Bonchev–Trinajstić information content (AvgIpc) is 3.24. The van der Waals surface area contributed by atoms with Gasteiger partial charge in [0.1, 0.15) is 0 Å². The number of aryl methyl sites for hydroxylation is 4. The highest BCUT2D eigenvalue weighted by atomic mass is 28.3. The van der Waals surface area contributed by atoms with Crippen LogP contribution in [0.5, 0.6) is 0 Å². The smallest absolute Gasteiger partial charge is 0.0654 e. The van der Waals surface area contributed by atoms with E-state index >= 15 is 0 Å². The van der Waals surface area contributed by atoms with Gasteiger partial charge in [0, 0.05) is 0 Å². The first-order valence-corrected chi connectivity index (χ1v) is 20.0. The van der Waals surface area contributed by atoms with Crippen LogP contribution in [0.25, 0.3) is 0 Å². The maximum Gasteiger partial charge on any atom is 0.176 e. The van der Waals surface area contributed by atoms with Crippen molar-refractivity contribution in [2.24, 2.45) is 5.92 Å². The van der Waals surface area contributed by atoms with E-state index in [1.807, 2.05) is 0 Å². The maximum atomic E-state index is 2.67. The minimum atomic E-state index is -2.64. The van der Waals surface area contributed by atoms with Gasteiger partial charge in [-0.3, -0.25) is 0 Å². The van der Waals surface area contributed by atoms with Crippen molar-refractivity contribution in [3.63, 3.8) is 0 Å². The molecule has 1 atom stereocenters. The van der Waals surface area contributed by atoms with Gasteiger partial charge >= 0.3 is 0 Å². The van der Waals surface area contributed by atoms with Crippen LogP contribution in [-0.4, -0.2) is 8.07 Å². The zero-order valence-electron chi connectivity index (χ0n) is 29.4. The van der Waals surface area contributed by atoms with Crippen LogP contribution in [0.2, 0.25) is 0 Å². The van der Waals surface area contributed by atoms with Gasteiger partial charge in [0.25, 0.3) is 0 Å². The van der Waals surface area contributed by atoms with Gasteiger partial charge in [0.2, 0.25) is 0 Å². The van der Waals surface area contributed by atoms with Crippen molar-refractivity contribution < 1.29 is 0 Å². The molecule has 1 aliphatic carbocycles. The Balaban J connectivity index is 2.17. The van der Waals surface area contributed by atoms with Crippen LogP contribution in [0, 0.1) is 5.92 Å². The maximum absolute atomic E-state index is 2.67. The van der Waals surface area contributed by atoms with E-state index in [4.69, 9.17) is 0 Å². The molecule has 44 heavy (non-hydrogen) atoms. The molecule has 0 saturated carbocycles. The third-order valence-electron chi connectivity index (χ3n) is 10.5. The first kappa shape index (κ1) is 34.2. The summed E-state index contributed by atoms with van der Waals surface area (Å²) in [6.45, 7) is 19.0. The van der Waals surface area contributed by atoms with Gasteiger partial charge in [0.15, 0.2) is 8.07 Å².